The number of carboxylic acid groups (broad SMARTS) is 1. The second kappa shape index (κ2) is 6.00. The molecule has 18 heavy (non-hydrogen) atoms. The Morgan fingerprint density at radius 3 is 2.72 bits per heavy atom. The van der Waals surface area contributed by atoms with Gasteiger partial charge in [0, 0.05) is 17.0 Å². The molecule has 0 bridgehead atoms. The maximum atomic E-state index is 12.0. The van der Waals surface area contributed by atoms with Crippen molar-refractivity contribution in [2.24, 2.45) is 5.92 Å². The number of carbonyl (C=O) groups excluding carboxylic acids is 1. The summed E-state index contributed by atoms with van der Waals surface area (Å²) in [6.07, 6.45) is 4.38. The highest BCUT2D eigenvalue weighted by atomic mass is 32.1. The molecule has 1 amide bonds. The fourth-order valence-corrected chi connectivity index (χ4v) is 3.06. The van der Waals surface area contributed by atoms with Gasteiger partial charge in [-0.15, -0.1) is 0 Å². The summed E-state index contributed by atoms with van der Waals surface area (Å²) in [6.45, 7) is 0. The molecule has 98 valence electrons. The average Bonchev–Trinajstić information content (AvgIpc) is 2.77. The van der Waals surface area contributed by atoms with Gasteiger partial charge < -0.3 is 10.4 Å². The van der Waals surface area contributed by atoms with E-state index in [1.807, 2.05) is 5.38 Å². The maximum absolute atomic E-state index is 12.0. The van der Waals surface area contributed by atoms with Crippen LogP contribution in [0.15, 0.2) is 16.8 Å². The van der Waals surface area contributed by atoms with Gasteiger partial charge in [-0.05, 0) is 24.3 Å². The average molecular weight is 267 g/mol. The summed E-state index contributed by atoms with van der Waals surface area (Å²) < 4.78 is 0. The number of carbonyl (C=O) groups is 2. The molecule has 1 aliphatic carbocycles. The zero-order valence-corrected chi connectivity index (χ0v) is 10.9. The zero-order valence-electron chi connectivity index (χ0n) is 10.1. The Labute approximate surface area is 110 Å². The van der Waals surface area contributed by atoms with E-state index in [1.54, 1.807) is 11.4 Å². The van der Waals surface area contributed by atoms with Gasteiger partial charge >= 0.3 is 5.97 Å². The van der Waals surface area contributed by atoms with Crippen LogP contribution in [-0.4, -0.2) is 23.0 Å². The number of amides is 1. The lowest BCUT2D eigenvalue weighted by Gasteiger charge is -2.22. The SMILES string of the molecule is O=C(NC1CCCCCC1C(=O)O)c1ccsc1. The van der Waals surface area contributed by atoms with Gasteiger partial charge in [0.1, 0.15) is 0 Å². The second-order valence-corrected chi connectivity index (χ2v) is 5.45. The molecule has 2 unspecified atom stereocenters. The van der Waals surface area contributed by atoms with E-state index in [0.29, 0.717) is 12.0 Å². The number of carboxylic acids is 1. The Morgan fingerprint density at radius 1 is 1.28 bits per heavy atom. The highest BCUT2D eigenvalue weighted by Crippen LogP contribution is 2.24. The molecule has 1 saturated carbocycles. The van der Waals surface area contributed by atoms with Crippen molar-refractivity contribution >= 4 is 23.2 Å². The number of thiophene rings is 1. The molecule has 1 fully saturated rings. The molecule has 5 heteroatoms. The van der Waals surface area contributed by atoms with Crippen LogP contribution in [0.1, 0.15) is 42.5 Å². The Hall–Kier alpha value is -1.36. The monoisotopic (exact) mass is 267 g/mol. The van der Waals surface area contributed by atoms with Gasteiger partial charge in [-0.1, -0.05) is 19.3 Å². The summed E-state index contributed by atoms with van der Waals surface area (Å²) in [5.74, 6) is -1.41. The van der Waals surface area contributed by atoms with E-state index >= 15 is 0 Å². The Bertz CT molecular complexity index is 416. The van der Waals surface area contributed by atoms with Gasteiger partial charge in [-0.2, -0.15) is 11.3 Å². The lowest BCUT2D eigenvalue weighted by Crippen LogP contribution is -2.42. The van der Waals surface area contributed by atoms with Crippen LogP contribution < -0.4 is 5.32 Å². The molecule has 1 aromatic heterocycles. The van der Waals surface area contributed by atoms with E-state index in [2.05, 4.69) is 5.32 Å². The fraction of sp³-hybridized carbons (Fsp3) is 0.538. The predicted octanol–water partition coefficient (Wildman–Crippen LogP) is 2.51. The molecule has 2 rings (SSSR count). The third kappa shape index (κ3) is 3.10. The molecule has 1 aromatic rings. The van der Waals surface area contributed by atoms with Gasteiger partial charge in [-0.3, -0.25) is 9.59 Å². The Morgan fingerprint density at radius 2 is 2.06 bits per heavy atom. The van der Waals surface area contributed by atoms with E-state index in [-0.39, 0.29) is 11.9 Å². The largest absolute Gasteiger partial charge is 0.481 e. The number of aliphatic carboxylic acids is 1. The van der Waals surface area contributed by atoms with Crippen LogP contribution in [0.4, 0.5) is 0 Å². The van der Waals surface area contributed by atoms with Crippen molar-refractivity contribution in [1.29, 1.82) is 0 Å². The maximum Gasteiger partial charge on any atom is 0.308 e. The second-order valence-electron chi connectivity index (χ2n) is 4.67. The third-order valence-corrected chi connectivity index (χ3v) is 4.12. The molecule has 1 heterocycles. The number of nitrogens with one attached hydrogen (secondary N) is 1. The number of hydrogen-bond acceptors (Lipinski definition) is 3. The smallest absolute Gasteiger partial charge is 0.308 e. The van der Waals surface area contributed by atoms with Crippen LogP contribution >= 0.6 is 11.3 Å². The predicted molar refractivity (Wildman–Crippen MR) is 69.8 cm³/mol. The van der Waals surface area contributed by atoms with E-state index in [0.717, 1.165) is 25.7 Å². The summed E-state index contributed by atoms with van der Waals surface area (Å²) in [5, 5.41) is 15.7. The van der Waals surface area contributed by atoms with Gasteiger partial charge in [0.2, 0.25) is 0 Å². The minimum absolute atomic E-state index is 0.158. The van der Waals surface area contributed by atoms with Crippen LogP contribution in [0.5, 0.6) is 0 Å². The first-order valence-corrected chi connectivity index (χ1v) is 7.18. The number of hydrogen-bond donors (Lipinski definition) is 2. The summed E-state index contributed by atoms with van der Waals surface area (Å²) in [6, 6.07) is 1.52. The van der Waals surface area contributed by atoms with Crippen LogP contribution in [0.25, 0.3) is 0 Å². The van der Waals surface area contributed by atoms with Crippen molar-refractivity contribution in [2.45, 2.75) is 38.1 Å². The lowest BCUT2D eigenvalue weighted by molar-refractivity contribution is -0.142. The molecule has 2 atom stereocenters. The number of rotatable bonds is 3. The third-order valence-electron chi connectivity index (χ3n) is 3.43. The van der Waals surface area contributed by atoms with Gasteiger partial charge in [0.15, 0.2) is 0 Å². The van der Waals surface area contributed by atoms with Gasteiger partial charge in [0.05, 0.1) is 5.92 Å². The summed E-state index contributed by atoms with van der Waals surface area (Å²) in [7, 11) is 0. The summed E-state index contributed by atoms with van der Waals surface area (Å²) in [5.41, 5.74) is 0.619. The van der Waals surface area contributed by atoms with Crippen LogP contribution in [0.3, 0.4) is 0 Å². The van der Waals surface area contributed by atoms with Gasteiger partial charge in [-0.25, -0.2) is 0 Å². The highest BCUT2D eigenvalue weighted by molar-refractivity contribution is 7.08. The van der Waals surface area contributed by atoms with Crippen molar-refractivity contribution in [1.82, 2.24) is 5.32 Å². The van der Waals surface area contributed by atoms with E-state index in [1.165, 1.54) is 11.3 Å². The van der Waals surface area contributed by atoms with Crippen LogP contribution in [0, 0.1) is 5.92 Å². The molecular weight excluding hydrogens is 250 g/mol. The molecule has 0 aromatic carbocycles. The Balaban J connectivity index is 2.04. The van der Waals surface area contributed by atoms with E-state index in [9.17, 15) is 14.7 Å². The molecule has 0 radical (unpaired) electrons. The first-order valence-electron chi connectivity index (χ1n) is 6.24. The first kappa shape index (κ1) is 13.1. The molecule has 0 aliphatic heterocycles. The summed E-state index contributed by atoms with van der Waals surface area (Å²) in [4.78, 5) is 23.2. The van der Waals surface area contributed by atoms with Crippen LogP contribution in [-0.2, 0) is 4.79 Å². The first-order chi connectivity index (χ1) is 8.68. The molecule has 4 nitrogen and oxygen atoms in total. The van der Waals surface area contributed by atoms with Crippen LogP contribution in [0.2, 0.25) is 0 Å². The molecular formula is C13H17NO3S. The van der Waals surface area contributed by atoms with Crippen molar-refractivity contribution in [3.8, 4) is 0 Å². The zero-order chi connectivity index (χ0) is 13.0. The van der Waals surface area contributed by atoms with Crippen molar-refractivity contribution in [3.63, 3.8) is 0 Å². The summed E-state index contributed by atoms with van der Waals surface area (Å²) >= 11 is 1.46. The van der Waals surface area contributed by atoms with Crippen molar-refractivity contribution < 1.29 is 14.7 Å². The highest BCUT2D eigenvalue weighted by Gasteiger charge is 2.30. The fourth-order valence-electron chi connectivity index (χ4n) is 2.42. The topological polar surface area (TPSA) is 66.4 Å². The lowest BCUT2D eigenvalue weighted by atomic mass is 9.94. The van der Waals surface area contributed by atoms with E-state index < -0.39 is 11.9 Å². The Kier molecular flexibility index (Phi) is 4.36. The van der Waals surface area contributed by atoms with Crippen molar-refractivity contribution in [3.05, 3.63) is 22.4 Å². The normalized spacial score (nSPS) is 24.2. The molecule has 0 saturated heterocycles. The standard InChI is InChI=1S/C13H17NO3S/c15-12(9-6-7-18-8-9)14-11-5-3-1-2-4-10(11)13(16)17/h6-8,10-11H,1-5H2,(H,14,15)(H,16,17). The molecule has 1 aliphatic rings. The molecule has 2 N–H and O–H groups in total. The minimum atomic E-state index is -0.799. The quantitative estimate of drug-likeness (QED) is 0.827. The minimum Gasteiger partial charge on any atom is -0.481 e. The van der Waals surface area contributed by atoms with E-state index in [4.69, 9.17) is 0 Å². The molecule has 0 spiro atoms. The van der Waals surface area contributed by atoms with Gasteiger partial charge in [0.25, 0.3) is 5.91 Å². The van der Waals surface area contributed by atoms with Crippen molar-refractivity contribution in [2.75, 3.05) is 0 Å².